The maximum absolute atomic E-state index is 12.9. The molecule has 0 saturated carbocycles. The van der Waals surface area contributed by atoms with Gasteiger partial charge in [-0.25, -0.2) is 4.68 Å². The summed E-state index contributed by atoms with van der Waals surface area (Å²) in [5.41, 5.74) is 4.16. The zero-order chi connectivity index (χ0) is 25.8. The molecule has 0 unspecified atom stereocenters. The van der Waals surface area contributed by atoms with Crippen LogP contribution in [0, 0.1) is 0 Å². The number of thioether (sulfide) groups is 1. The lowest BCUT2D eigenvalue weighted by Gasteiger charge is -2.10. The Balaban J connectivity index is 1.46. The number of hydrogen-bond acceptors (Lipinski definition) is 6. The van der Waals surface area contributed by atoms with Crippen LogP contribution in [0.2, 0.25) is 0 Å². The van der Waals surface area contributed by atoms with E-state index in [9.17, 15) is 9.59 Å². The van der Waals surface area contributed by atoms with E-state index >= 15 is 0 Å². The van der Waals surface area contributed by atoms with Gasteiger partial charge in [0.2, 0.25) is 0 Å². The number of aromatic nitrogens is 2. The van der Waals surface area contributed by atoms with E-state index < -0.39 is 18.4 Å². The molecule has 5 rings (SSSR count). The molecule has 0 spiro atoms. The zero-order valence-electron chi connectivity index (χ0n) is 19.5. The highest BCUT2D eigenvalue weighted by Gasteiger charge is 2.33. The first-order valence-electron chi connectivity index (χ1n) is 11.4. The fourth-order valence-electron chi connectivity index (χ4n) is 3.79. The van der Waals surface area contributed by atoms with Gasteiger partial charge >= 0.3 is 5.97 Å². The molecule has 2 heterocycles. The number of carbonyl (C=O) groups is 2. The molecule has 1 amide bonds. The molecule has 1 fully saturated rings. The molecule has 1 aliphatic rings. The molecule has 1 N–H and O–H groups in total. The predicted octanol–water partition coefficient (Wildman–Crippen LogP) is 5.40. The average molecular weight is 528 g/mol. The minimum atomic E-state index is -1.12. The lowest BCUT2D eigenvalue weighted by atomic mass is 10.1. The molecule has 9 heteroatoms. The fraction of sp³-hybridized carbons (Fsp3) is 0.0714. The second-order valence-corrected chi connectivity index (χ2v) is 9.85. The number of carbonyl (C=O) groups excluding carboxylic acids is 1. The van der Waals surface area contributed by atoms with Crippen LogP contribution >= 0.6 is 24.0 Å². The van der Waals surface area contributed by atoms with Gasteiger partial charge in [0.1, 0.15) is 23.2 Å². The highest BCUT2D eigenvalue weighted by atomic mass is 32.2. The maximum atomic E-state index is 12.9. The number of thiocarbonyl (C=S) groups is 1. The van der Waals surface area contributed by atoms with Crippen molar-refractivity contribution in [3.05, 3.63) is 107 Å². The minimum absolute atomic E-state index is 0.218. The zero-order valence-corrected chi connectivity index (χ0v) is 21.1. The van der Waals surface area contributed by atoms with Gasteiger partial charge in [0.05, 0.1) is 16.3 Å². The topological polar surface area (TPSA) is 84.7 Å². The van der Waals surface area contributed by atoms with Crippen molar-refractivity contribution in [2.75, 3.05) is 6.54 Å². The third kappa shape index (κ3) is 5.63. The molecule has 37 heavy (non-hydrogen) atoms. The molecule has 0 radical (unpaired) electrons. The Morgan fingerprint density at radius 2 is 1.68 bits per heavy atom. The van der Waals surface area contributed by atoms with E-state index in [1.54, 1.807) is 10.8 Å². The van der Waals surface area contributed by atoms with Crippen LogP contribution < -0.4 is 4.74 Å². The van der Waals surface area contributed by atoms with E-state index in [-0.39, 0.29) is 4.32 Å². The van der Waals surface area contributed by atoms with Crippen molar-refractivity contribution < 1.29 is 19.4 Å². The molecule has 4 aromatic rings. The summed E-state index contributed by atoms with van der Waals surface area (Å²) in [6.45, 7) is -0.00512. The summed E-state index contributed by atoms with van der Waals surface area (Å²) in [5, 5.41) is 13.9. The summed E-state index contributed by atoms with van der Waals surface area (Å²) in [7, 11) is 0. The van der Waals surface area contributed by atoms with Crippen LogP contribution in [0.3, 0.4) is 0 Å². The van der Waals surface area contributed by atoms with E-state index in [0.29, 0.717) is 22.8 Å². The molecule has 1 aliphatic heterocycles. The molecule has 0 bridgehead atoms. The Labute approximate surface area is 223 Å². The first-order chi connectivity index (χ1) is 18.0. The lowest BCUT2D eigenvalue weighted by Crippen LogP contribution is -2.33. The maximum Gasteiger partial charge on any atom is 0.323 e. The highest BCUT2D eigenvalue weighted by molar-refractivity contribution is 8.26. The second kappa shape index (κ2) is 10.8. The van der Waals surface area contributed by atoms with Crippen molar-refractivity contribution in [3.63, 3.8) is 0 Å². The lowest BCUT2D eigenvalue weighted by molar-refractivity contribution is -0.140. The van der Waals surface area contributed by atoms with Gasteiger partial charge < -0.3 is 9.84 Å². The monoisotopic (exact) mass is 527 g/mol. The number of para-hydroxylation sites is 1. The molecule has 0 atom stereocenters. The molecule has 1 aromatic heterocycles. The third-order valence-electron chi connectivity index (χ3n) is 5.59. The number of amides is 1. The average Bonchev–Trinajstić information content (AvgIpc) is 3.45. The number of nitrogens with zero attached hydrogens (tertiary/aromatic N) is 3. The number of rotatable bonds is 8. The van der Waals surface area contributed by atoms with Gasteiger partial charge in [-0.15, -0.1) is 0 Å². The van der Waals surface area contributed by atoms with Crippen LogP contribution in [0.4, 0.5) is 0 Å². The summed E-state index contributed by atoms with van der Waals surface area (Å²) < 4.78 is 7.88. The number of hydrogen-bond donors (Lipinski definition) is 1. The number of carboxylic acids is 1. The Morgan fingerprint density at radius 1 is 1.00 bits per heavy atom. The summed E-state index contributed by atoms with van der Waals surface area (Å²) in [6, 6.07) is 27.2. The summed E-state index contributed by atoms with van der Waals surface area (Å²) in [4.78, 5) is 25.5. The number of aliphatic carboxylic acids is 1. The Kier molecular flexibility index (Phi) is 7.16. The van der Waals surface area contributed by atoms with Crippen molar-refractivity contribution in [2.45, 2.75) is 6.61 Å². The van der Waals surface area contributed by atoms with Gasteiger partial charge in [-0.3, -0.25) is 14.5 Å². The van der Waals surface area contributed by atoms with Gasteiger partial charge in [-0.2, -0.15) is 5.10 Å². The number of benzene rings is 3. The first-order valence-corrected chi connectivity index (χ1v) is 12.6. The molecule has 184 valence electrons. The third-order valence-corrected chi connectivity index (χ3v) is 6.97. The molecular formula is C28H21N3O4S2. The normalized spacial score (nSPS) is 14.4. The Morgan fingerprint density at radius 3 is 2.35 bits per heavy atom. The van der Waals surface area contributed by atoms with Crippen molar-refractivity contribution >= 4 is 46.3 Å². The summed E-state index contributed by atoms with van der Waals surface area (Å²) in [5.74, 6) is -0.823. The van der Waals surface area contributed by atoms with E-state index in [1.807, 2.05) is 91.1 Å². The van der Waals surface area contributed by atoms with Crippen molar-refractivity contribution in [1.82, 2.24) is 14.7 Å². The SMILES string of the molecule is O=C(O)CN1C(=O)/C(=C/c2cn(-c3ccccc3)nc2-c2ccc(OCc3ccccc3)cc2)SC1=S. The largest absolute Gasteiger partial charge is 0.489 e. The molecule has 0 aliphatic carbocycles. The quantitative estimate of drug-likeness (QED) is 0.242. The first kappa shape index (κ1) is 24.5. The highest BCUT2D eigenvalue weighted by Crippen LogP contribution is 2.35. The predicted molar refractivity (Wildman–Crippen MR) is 147 cm³/mol. The van der Waals surface area contributed by atoms with Crippen molar-refractivity contribution in [2.24, 2.45) is 0 Å². The van der Waals surface area contributed by atoms with E-state index in [1.165, 1.54) is 0 Å². The van der Waals surface area contributed by atoms with Crippen molar-refractivity contribution in [3.8, 4) is 22.7 Å². The summed E-state index contributed by atoms with van der Waals surface area (Å²) >= 11 is 6.32. The fourth-order valence-corrected chi connectivity index (χ4v) is 5.04. The van der Waals surface area contributed by atoms with E-state index in [2.05, 4.69) is 0 Å². The van der Waals surface area contributed by atoms with Crippen LogP contribution in [0.25, 0.3) is 23.0 Å². The van der Waals surface area contributed by atoms with E-state index in [0.717, 1.165) is 39.2 Å². The molecule has 3 aromatic carbocycles. The van der Waals surface area contributed by atoms with Gasteiger partial charge in [0, 0.05) is 17.3 Å². The van der Waals surface area contributed by atoms with Crippen LogP contribution in [0.15, 0.2) is 96.0 Å². The van der Waals surface area contributed by atoms with Crippen molar-refractivity contribution in [1.29, 1.82) is 0 Å². The Bertz CT molecular complexity index is 1480. The Hall–Kier alpha value is -4.21. The van der Waals surface area contributed by atoms with Crippen LogP contribution in [0.5, 0.6) is 5.75 Å². The second-order valence-electron chi connectivity index (χ2n) is 8.17. The molecule has 1 saturated heterocycles. The minimum Gasteiger partial charge on any atom is -0.489 e. The van der Waals surface area contributed by atoms with Gasteiger partial charge in [-0.1, -0.05) is 72.5 Å². The van der Waals surface area contributed by atoms with E-state index in [4.69, 9.17) is 27.2 Å². The number of carboxylic acid groups (broad SMARTS) is 1. The number of ether oxygens (including phenoxy) is 1. The van der Waals surface area contributed by atoms with Crippen LogP contribution in [-0.2, 0) is 16.2 Å². The standard InChI is InChI=1S/C28H21N3O4S2/c32-25(33)17-30-27(34)24(37-28(30)36)15-21-16-31(22-9-5-2-6-10-22)29-26(21)20-11-13-23(14-12-20)35-18-19-7-3-1-4-8-19/h1-16H,17-18H2,(H,32,33)/b24-15-. The van der Waals surface area contributed by atoms with Gasteiger partial charge in [0.15, 0.2) is 0 Å². The van der Waals surface area contributed by atoms with Gasteiger partial charge in [0.25, 0.3) is 5.91 Å². The van der Waals surface area contributed by atoms with Gasteiger partial charge in [-0.05, 0) is 48.0 Å². The van der Waals surface area contributed by atoms with Crippen LogP contribution in [-0.4, -0.2) is 42.5 Å². The smallest absolute Gasteiger partial charge is 0.323 e. The molecule has 7 nitrogen and oxygen atoms in total. The summed E-state index contributed by atoms with van der Waals surface area (Å²) in [6.07, 6.45) is 3.55. The van der Waals surface area contributed by atoms with Crippen LogP contribution in [0.1, 0.15) is 11.1 Å². The molecular weight excluding hydrogens is 506 g/mol.